The Labute approximate surface area is 108 Å². The van der Waals surface area contributed by atoms with Gasteiger partial charge in [-0.05, 0) is 50.1 Å². The number of hydrogen-bond donors (Lipinski definition) is 1. The number of hydrogen-bond acceptors (Lipinski definition) is 1. The molecule has 18 heavy (non-hydrogen) atoms. The summed E-state index contributed by atoms with van der Waals surface area (Å²) < 4.78 is 2.41. The molecule has 3 rings (SSSR count). The predicted octanol–water partition coefficient (Wildman–Crippen LogP) is 3.36. The van der Waals surface area contributed by atoms with Crippen LogP contribution in [0.15, 0.2) is 30.3 Å². The van der Waals surface area contributed by atoms with Gasteiger partial charge in [0.05, 0.1) is 5.60 Å². The quantitative estimate of drug-likeness (QED) is 0.875. The van der Waals surface area contributed by atoms with E-state index in [-0.39, 0.29) is 0 Å². The minimum Gasteiger partial charge on any atom is -0.390 e. The second-order valence-corrected chi connectivity index (χ2v) is 6.24. The summed E-state index contributed by atoms with van der Waals surface area (Å²) in [6.45, 7) is 4.87. The molecular weight excluding hydrogens is 222 g/mol. The zero-order chi connectivity index (χ0) is 12.8. The van der Waals surface area contributed by atoms with Crippen LogP contribution in [0.4, 0.5) is 0 Å². The highest BCUT2D eigenvalue weighted by atomic mass is 16.3. The summed E-state index contributed by atoms with van der Waals surface area (Å²) in [5, 5.41) is 11.3. The normalized spacial score (nSPS) is 16.4. The molecule has 0 radical (unpaired) electrons. The van der Waals surface area contributed by atoms with E-state index in [1.165, 1.54) is 29.4 Å². The molecule has 2 nitrogen and oxygen atoms in total. The summed E-state index contributed by atoms with van der Waals surface area (Å²) in [7, 11) is 0. The van der Waals surface area contributed by atoms with Crippen LogP contribution in [0.1, 0.15) is 32.4 Å². The van der Waals surface area contributed by atoms with Gasteiger partial charge in [0.15, 0.2) is 0 Å². The summed E-state index contributed by atoms with van der Waals surface area (Å²) in [6, 6.07) is 10.8. The Morgan fingerprint density at radius 2 is 2.00 bits per heavy atom. The molecule has 1 aromatic carbocycles. The Kier molecular flexibility index (Phi) is 2.70. The summed E-state index contributed by atoms with van der Waals surface area (Å²) >= 11 is 0. The molecule has 1 aliphatic carbocycles. The maximum atomic E-state index is 10.1. The maximum absolute atomic E-state index is 10.1. The van der Waals surface area contributed by atoms with Crippen molar-refractivity contribution in [3.63, 3.8) is 0 Å². The van der Waals surface area contributed by atoms with Crippen molar-refractivity contribution in [3.05, 3.63) is 36.0 Å². The molecule has 96 valence electrons. The van der Waals surface area contributed by atoms with Gasteiger partial charge < -0.3 is 9.67 Å². The molecule has 0 bridgehead atoms. The van der Waals surface area contributed by atoms with Gasteiger partial charge in [0.2, 0.25) is 0 Å². The van der Waals surface area contributed by atoms with Crippen molar-refractivity contribution in [1.29, 1.82) is 0 Å². The van der Waals surface area contributed by atoms with E-state index in [9.17, 15) is 5.11 Å². The lowest BCUT2D eigenvalue weighted by Crippen LogP contribution is -2.23. The highest BCUT2D eigenvalue weighted by molar-refractivity contribution is 5.81. The molecule has 2 heteroatoms. The number of rotatable bonds is 4. The van der Waals surface area contributed by atoms with Crippen LogP contribution >= 0.6 is 0 Å². The Hall–Kier alpha value is -1.28. The first kappa shape index (κ1) is 11.8. The van der Waals surface area contributed by atoms with E-state index in [1.807, 2.05) is 13.8 Å². The Bertz CT molecular complexity index is 558. The summed E-state index contributed by atoms with van der Waals surface area (Å²) in [4.78, 5) is 0. The van der Waals surface area contributed by atoms with E-state index in [0.29, 0.717) is 6.42 Å². The Morgan fingerprint density at radius 3 is 2.67 bits per heavy atom. The van der Waals surface area contributed by atoms with Gasteiger partial charge in [0, 0.05) is 24.2 Å². The van der Waals surface area contributed by atoms with Crippen LogP contribution in [0.25, 0.3) is 10.9 Å². The van der Waals surface area contributed by atoms with E-state index in [2.05, 4.69) is 34.9 Å². The molecular formula is C16H21NO. The van der Waals surface area contributed by atoms with E-state index in [1.54, 1.807) is 0 Å². The molecule has 0 spiro atoms. The second kappa shape index (κ2) is 4.13. The summed E-state index contributed by atoms with van der Waals surface area (Å²) in [6.07, 6.45) is 3.43. The van der Waals surface area contributed by atoms with Gasteiger partial charge in [-0.3, -0.25) is 0 Å². The number of nitrogens with zero attached hydrogens (tertiary/aromatic N) is 1. The average molecular weight is 243 g/mol. The zero-order valence-corrected chi connectivity index (χ0v) is 11.2. The third kappa shape index (κ3) is 2.44. The molecule has 1 aliphatic rings. The average Bonchev–Trinajstić information content (AvgIpc) is 3.02. The van der Waals surface area contributed by atoms with Crippen LogP contribution < -0.4 is 0 Å². The lowest BCUT2D eigenvalue weighted by atomic mass is 10.0. The van der Waals surface area contributed by atoms with E-state index >= 15 is 0 Å². The molecule has 1 saturated carbocycles. The van der Waals surface area contributed by atoms with Gasteiger partial charge >= 0.3 is 0 Å². The molecule has 2 aromatic rings. The van der Waals surface area contributed by atoms with Crippen molar-refractivity contribution < 1.29 is 5.11 Å². The second-order valence-electron chi connectivity index (χ2n) is 6.24. The monoisotopic (exact) mass is 243 g/mol. The van der Waals surface area contributed by atoms with Gasteiger partial charge in [-0.2, -0.15) is 0 Å². The number of para-hydroxylation sites is 1. The number of benzene rings is 1. The minimum absolute atomic E-state index is 0.643. The van der Waals surface area contributed by atoms with Crippen molar-refractivity contribution in [2.75, 3.05) is 0 Å². The zero-order valence-electron chi connectivity index (χ0n) is 11.2. The van der Waals surface area contributed by atoms with Gasteiger partial charge in [-0.25, -0.2) is 0 Å². The van der Waals surface area contributed by atoms with Gasteiger partial charge in [0.25, 0.3) is 0 Å². The first-order valence-corrected chi connectivity index (χ1v) is 6.82. The Morgan fingerprint density at radius 1 is 1.28 bits per heavy atom. The smallest absolute Gasteiger partial charge is 0.0646 e. The van der Waals surface area contributed by atoms with Crippen LogP contribution in [-0.4, -0.2) is 15.3 Å². The van der Waals surface area contributed by atoms with Crippen LogP contribution in [0.5, 0.6) is 0 Å². The van der Waals surface area contributed by atoms with Crippen molar-refractivity contribution >= 4 is 10.9 Å². The number of fused-ring (bicyclic) bond motifs is 1. The molecule has 0 aliphatic heterocycles. The van der Waals surface area contributed by atoms with E-state index in [4.69, 9.17) is 0 Å². The van der Waals surface area contributed by atoms with E-state index < -0.39 is 5.60 Å². The molecule has 0 unspecified atom stereocenters. The SMILES string of the molecule is CC(C)(O)Cc1cc2ccccc2n1CC1CC1. The molecule has 1 fully saturated rings. The van der Waals surface area contributed by atoms with Crippen LogP contribution in [0, 0.1) is 5.92 Å². The van der Waals surface area contributed by atoms with Crippen molar-refractivity contribution in [2.45, 2.75) is 45.3 Å². The largest absolute Gasteiger partial charge is 0.390 e. The Balaban J connectivity index is 2.04. The minimum atomic E-state index is -0.643. The fourth-order valence-corrected chi connectivity index (χ4v) is 2.63. The third-order valence-corrected chi connectivity index (χ3v) is 3.65. The fourth-order valence-electron chi connectivity index (χ4n) is 2.63. The molecule has 0 amide bonds. The van der Waals surface area contributed by atoms with Gasteiger partial charge in [0.1, 0.15) is 0 Å². The van der Waals surface area contributed by atoms with Crippen LogP contribution in [0.2, 0.25) is 0 Å². The van der Waals surface area contributed by atoms with Crippen LogP contribution in [-0.2, 0) is 13.0 Å². The number of aromatic nitrogens is 1. The lowest BCUT2D eigenvalue weighted by molar-refractivity contribution is 0.0790. The molecule has 0 saturated heterocycles. The molecule has 0 atom stereocenters. The van der Waals surface area contributed by atoms with Crippen molar-refractivity contribution in [3.8, 4) is 0 Å². The first-order chi connectivity index (χ1) is 8.53. The third-order valence-electron chi connectivity index (χ3n) is 3.65. The van der Waals surface area contributed by atoms with Crippen molar-refractivity contribution in [1.82, 2.24) is 4.57 Å². The summed E-state index contributed by atoms with van der Waals surface area (Å²) in [5.41, 5.74) is 1.93. The lowest BCUT2D eigenvalue weighted by Gasteiger charge is -2.19. The molecule has 1 N–H and O–H groups in total. The predicted molar refractivity (Wildman–Crippen MR) is 74.7 cm³/mol. The highest BCUT2D eigenvalue weighted by Gasteiger charge is 2.25. The molecule has 1 aromatic heterocycles. The highest BCUT2D eigenvalue weighted by Crippen LogP contribution is 2.33. The van der Waals surface area contributed by atoms with Crippen molar-refractivity contribution in [2.24, 2.45) is 5.92 Å². The first-order valence-electron chi connectivity index (χ1n) is 6.82. The fraction of sp³-hybridized carbons (Fsp3) is 0.500. The number of aliphatic hydroxyl groups is 1. The molecule has 1 heterocycles. The van der Waals surface area contributed by atoms with Gasteiger partial charge in [-0.15, -0.1) is 0 Å². The maximum Gasteiger partial charge on any atom is 0.0646 e. The van der Waals surface area contributed by atoms with E-state index in [0.717, 1.165) is 12.5 Å². The van der Waals surface area contributed by atoms with Crippen LogP contribution in [0.3, 0.4) is 0 Å². The standard InChI is InChI=1S/C16H21NO/c1-16(2,18)10-14-9-13-5-3-4-6-15(13)17(14)11-12-7-8-12/h3-6,9,12,18H,7-8,10-11H2,1-2H3. The van der Waals surface area contributed by atoms with Gasteiger partial charge in [-0.1, -0.05) is 18.2 Å². The topological polar surface area (TPSA) is 25.2 Å². The summed E-state index contributed by atoms with van der Waals surface area (Å²) in [5.74, 6) is 0.848.